The average molecular weight is 317 g/mol. The number of ether oxygens (including phenoxy) is 2. The van der Waals surface area contributed by atoms with Crippen LogP contribution in [0.15, 0.2) is 24.3 Å². The Kier molecular flexibility index (Phi) is 4.90. The Bertz CT molecular complexity index is 549. The maximum atomic E-state index is 12.0. The van der Waals surface area contributed by atoms with Crippen molar-refractivity contribution in [3.8, 4) is 5.75 Å². The molecule has 0 aromatic heterocycles. The van der Waals surface area contributed by atoms with Gasteiger partial charge in [0, 0.05) is 6.04 Å². The average Bonchev–Trinajstić information content (AvgIpc) is 3.35. The summed E-state index contributed by atoms with van der Waals surface area (Å²) in [5.41, 5.74) is 7.01. The first-order chi connectivity index (χ1) is 11.1. The van der Waals surface area contributed by atoms with Crippen LogP contribution in [0.5, 0.6) is 5.75 Å². The van der Waals surface area contributed by atoms with E-state index >= 15 is 0 Å². The maximum absolute atomic E-state index is 12.0. The van der Waals surface area contributed by atoms with E-state index in [0.29, 0.717) is 17.9 Å². The van der Waals surface area contributed by atoms with Crippen molar-refractivity contribution in [2.45, 2.75) is 44.6 Å². The van der Waals surface area contributed by atoms with E-state index in [2.05, 4.69) is 12.1 Å². The molecule has 3 rings (SSSR count). The number of benzene rings is 1. The second kappa shape index (κ2) is 6.91. The van der Waals surface area contributed by atoms with Crippen LogP contribution < -0.4 is 10.5 Å². The van der Waals surface area contributed by atoms with E-state index in [4.69, 9.17) is 15.2 Å². The second-order valence-electron chi connectivity index (χ2n) is 7.16. The summed E-state index contributed by atoms with van der Waals surface area (Å²) in [5, 5.41) is 0. The van der Waals surface area contributed by atoms with Crippen molar-refractivity contribution < 1.29 is 14.3 Å². The Morgan fingerprint density at radius 3 is 2.70 bits per heavy atom. The summed E-state index contributed by atoms with van der Waals surface area (Å²) in [6, 6.07) is 8.58. The van der Waals surface area contributed by atoms with Crippen LogP contribution in [-0.4, -0.2) is 25.7 Å². The molecule has 2 aliphatic carbocycles. The van der Waals surface area contributed by atoms with Crippen molar-refractivity contribution in [3.63, 3.8) is 0 Å². The first-order valence-corrected chi connectivity index (χ1v) is 8.64. The van der Waals surface area contributed by atoms with Crippen molar-refractivity contribution in [1.82, 2.24) is 0 Å². The van der Waals surface area contributed by atoms with Crippen molar-refractivity contribution in [1.29, 1.82) is 0 Å². The summed E-state index contributed by atoms with van der Waals surface area (Å²) < 4.78 is 10.9. The van der Waals surface area contributed by atoms with Gasteiger partial charge in [-0.2, -0.15) is 0 Å². The fourth-order valence-corrected chi connectivity index (χ4v) is 3.71. The molecule has 1 aromatic rings. The van der Waals surface area contributed by atoms with Gasteiger partial charge < -0.3 is 15.2 Å². The molecule has 2 aliphatic rings. The number of rotatable bonds is 7. The molecule has 2 N–H and O–H groups in total. The summed E-state index contributed by atoms with van der Waals surface area (Å²) >= 11 is 0. The van der Waals surface area contributed by atoms with Gasteiger partial charge in [-0.25, -0.2) is 0 Å². The number of hydrogen-bond donors (Lipinski definition) is 1. The lowest BCUT2D eigenvalue weighted by Crippen LogP contribution is -2.39. The van der Waals surface area contributed by atoms with Crippen LogP contribution in [0, 0.1) is 17.8 Å². The number of carbonyl (C=O) groups excluding carboxylic acids is 1. The molecule has 2 atom stereocenters. The second-order valence-corrected chi connectivity index (χ2v) is 7.16. The van der Waals surface area contributed by atoms with Crippen molar-refractivity contribution >= 4 is 5.97 Å². The van der Waals surface area contributed by atoms with E-state index < -0.39 is 0 Å². The fraction of sp³-hybridized carbons (Fsp3) is 0.632. The number of methoxy groups -OCH3 is 1. The Hall–Kier alpha value is -1.55. The van der Waals surface area contributed by atoms with Gasteiger partial charge >= 0.3 is 5.97 Å². The molecule has 0 unspecified atom stereocenters. The summed E-state index contributed by atoms with van der Waals surface area (Å²) in [4.78, 5) is 12.0. The molecule has 4 heteroatoms. The Morgan fingerprint density at radius 2 is 2.09 bits per heavy atom. The highest BCUT2D eigenvalue weighted by Crippen LogP contribution is 2.47. The van der Waals surface area contributed by atoms with Gasteiger partial charge in [0.2, 0.25) is 0 Å². The first kappa shape index (κ1) is 16.3. The van der Waals surface area contributed by atoms with Crippen molar-refractivity contribution in [3.05, 3.63) is 29.8 Å². The third-order valence-electron chi connectivity index (χ3n) is 5.24. The highest BCUT2D eigenvalue weighted by atomic mass is 16.5. The molecule has 0 heterocycles. The molecular formula is C19H27NO3. The molecule has 2 saturated carbocycles. The van der Waals surface area contributed by atoms with Crippen LogP contribution in [0.25, 0.3) is 0 Å². The third kappa shape index (κ3) is 3.86. The molecule has 23 heavy (non-hydrogen) atoms. The van der Waals surface area contributed by atoms with Gasteiger partial charge in [0.15, 0.2) is 0 Å². The minimum absolute atomic E-state index is 0.118. The van der Waals surface area contributed by atoms with Gasteiger partial charge in [0.1, 0.15) is 5.75 Å². The topological polar surface area (TPSA) is 61.5 Å². The molecule has 0 aliphatic heterocycles. The zero-order valence-electron chi connectivity index (χ0n) is 14.0. The third-order valence-corrected chi connectivity index (χ3v) is 5.24. The van der Waals surface area contributed by atoms with E-state index in [1.54, 1.807) is 0 Å². The molecule has 1 aromatic carbocycles. The zero-order chi connectivity index (χ0) is 16.4. The SMILES string of the molecule is COC(=O)[C@@H](C)[C@H](c1cccc(OCC2CC(N)C2)c1)C1CC1. The van der Waals surface area contributed by atoms with E-state index in [0.717, 1.165) is 25.2 Å². The van der Waals surface area contributed by atoms with E-state index in [9.17, 15) is 4.79 Å². The van der Waals surface area contributed by atoms with Gasteiger partial charge in [0.25, 0.3) is 0 Å². The Labute approximate surface area is 138 Å². The lowest BCUT2D eigenvalue weighted by Gasteiger charge is -2.32. The lowest BCUT2D eigenvalue weighted by molar-refractivity contribution is -0.145. The van der Waals surface area contributed by atoms with Crippen LogP contribution in [0.3, 0.4) is 0 Å². The monoisotopic (exact) mass is 317 g/mol. The molecule has 0 bridgehead atoms. The van der Waals surface area contributed by atoms with Crippen molar-refractivity contribution in [2.75, 3.05) is 13.7 Å². The largest absolute Gasteiger partial charge is 0.493 e. The Morgan fingerprint density at radius 1 is 1.35 bits per heavy atom. The molecule has 0 radical (unpaired) electrons. The lowest BCUT2D eigenvalue weighted by atomic mass is 9.81. The standard InChI is InChI=1S/C19H27NO3/c1-12(19(21)22-2)18(14-6-7-14)15-4-3-5-17(10-15)23-11-13-8-16(20)9-13/h3-5,10,12-14,16,18H,6-9,11,20H2,1-2H3/t12-,13?,16?,18-/m0/s1. The molecule has 0 spiro atoms. The van der Waals surface area contributed by atoms with Gasteiger partial charge in [0.05, 0.1) is 19.6 Å². The van der Waals surface area contributed by atoms with E-state index in [-0.39, 0.29) is 17.8 Å². The summed E-state index contributed by atoms with van der Waals surface area (Å²) in [5.74, 6) is 2.05. The van der Waals surface area contributed by atoms with Crippen LogP contribution in [0.1, 0.15) is 44.1 Å². The van der Waals surface area contributed by atoms with E-state index in [1.807, 2.05) is 19.1 Å². The molecule has 0 saturated heterocycles. The molecule has 2 fully saturated rings. The van der Waals surface area contributed by atoms with Gasteiger partial charge in [-0.05, 0) is 61.1 Å². The van der Waals surface area contributed by atoms with Crippen molar-refractivity contribution in [2.24, 2.45) is 23.5 Å². The maximum Gasteiger partial charge on any atom is 0.309 e. The highest BCUT2D eigenvalue weighted by molar-refractivity contribution is 5.73. The van der Waals surface area contributed by atoms with Gasteiger partial charge in [-0.3, -0.25) is 4.79 Å². The van der Waals surface area contributed by atoms with E-state index in [1.165, 1.54) is 25.5 Å². The van der Waals surface area contributed by atoms with Crippen LogP contribution in [0.4, 0.5) is 0 Å². The molecular weight excluding hydrogens is 290 g/mol. The Balaban J connectivity index is 1.67. The molecule has 126 valence electrons. The summed E-state index contributed by atoms with van der Waals surface area (Å²) in [6.07, 6.45) is 4.50. The van der Waals surface area contributed by atoms with Crippen LogP contribution in [-0.2, 0) is 9.53 Å². The predicted octanol–water partition coefficient (Wildman–Crippen LogP) is 3.11. The van der Waals surface area contributed by atoms with Gasteiger partial charge in [-0.1, -0.05) is 19.1 Å². The quantitative estimate of drug-likeness (QED) is 0.785. The number of hydrogen-bond acceptors (Lipinski definition) is 4. The molecule has 4 nitrogen and oxygen atoms in total. The number of carbonyl (C=O) groups is 1. The predicted molar refractivity (Wildman–Crippen MR) is 89.3 cm³/mol. The highest BCUT2D eigenvalue weighted by Gasteiger charge is 2.39. The van der Waals surface area contributed by atoms with Crippen LogP contribution >= 0.6 is 0 Å². The van der Waals surface area contributed by atoms with Crippen LogP contribution in [0.2, 0.25) is 0 Å². The molecule has 0 amide bonds. The summed E-state index contributed by atoms with van der Waals surface area (Å²) in [7, 11) is 1.46. The minimum Gasteiger partial charge on any atom is -0.493 e. The number of nitrogens with two attached hydrogens (primary N) is 1. The normalized spacial score (nSPS) is 26.0. The summed E-state index contributed by atoms with van der Waals surface area (Å²) in [6.45, 7) is 2.70. The zero-order valence-corrected chi connectivity index (χ0v) is 14.0. The fourth-order valence-electron chi connectivity index (χ4n) is 3.71. The van der Waals surface area contributed by atoms with Gasteiger partial charge in [-0.15, -0.1) is 0 Å². The minimum atomic E-state index is -0.128. The smallest absolute Gasteiger partial charge is 0.309 e. The number of esters is 1. The first-order valence-electron chi connectivity index (χ1n) is 8.64.